The van der Waals surface area contributed by atoms with Gasteiger partial charge in [0.05, 0.1) is 6.26 Å². The van der Waals surface area contributed by atoms with Crippen LogP contribution >= 0.6 is 11.3 Å². The number of carbonyl (C=O) groups excluding carboxylic acids is 1. The van der Waals surface area contributed by atoms with Crippen molar-refractivity contribution in [2.75, 3.05) is 0 Å². The number of pyridine rings is 1. The van der Waals surface area contributed by atoms with Crippen LogP contribution in [0.2, 0.25) is 0 Å². The van der Waals surface area contributed by atoms with Crippen molar-refractivity contribution in [3.63, 3.8) is 0 Å². The normalized spacial score (nSPS) is 12.7. The summed E-state index contributed by atoms with van der Waals surface area (Å²) in [6.45, 7) is 21.0. The maximum absolute atomic E-state index is 12.2. The van der Waals surface area contributed by atoms with E-state index >= 15 is 0 Å². The number of aryl methyl sites for hydroxylation is 1. The molecule has 0 aliphatic carbocycles. The minimum atomic E-state index is -0.337. The number of allylic oxidation sites excluding steroid dienone is 2. The number of benzene rings is 3. The third kappa shape index (κ3) is 7.29. The summed E-state index contributed by atoms with van der Waals surface area (Å²) in [6, 6.07) is 20.9. The van der Waals surface area contributed by atoms with Gasteiger partial charge in [0.2, 0.25) is 0 Å². The summed E-state index contributed by atoms with van der Waals surface area (Å²) >= 11 is 1.78. The van der Waals surface area contributed by atoms with Crippen molar-refractivity contribution in [2.24, 2.45) is 10.8 Å². The number of hydrogen-bond donors (Lipinski definition) is 1. The molecule has 3 aromatic carbocycles. The molecule has 3 aromatic heterocycles. The second-order valence-corrected chi connectivity index (χ2v) is 15.7. The minimum Gasteiger partial charge on any atom is -0.512 e. The number of aliphatic hydroxyl groups excluding tert-OH is 1. The van der Waals surface area contributed by atoms with Crippen LogP contribution in [-0.2, 0) is 30.3 Å². The molecule has 0 unspecified atom stereocenters. The quantitative estimate of drug-likeness (QED) is 0.0941. The van der Waals surface area contributed by atoms with E-state index in [2.05, 4.69) is 82.3 Å². The molecule has 0 amide bonds. The van der Waals surface area contributed by atoms with Crippen LogP contribution in [0, 0.1) is 23.8 Å². The van der Waals surface area contributed by atoms with Gasteiger partial charge >= 0.3 is 0 Å². The van der Waals surface area contributed by atoms with Crippen molar-refractivity contribution in [1.82, 2.24) is 4.98 Å². The molecule has 261 valence electrons. The van der Waals surface area contributed by atoms with Crippen LogP contribution in [0.25, 0.3) is 53.2 Å². The number of carbonyl (C=O) groups is 1. The zero-order valence-electron chi connectivity index (χ0n) is 30.6. The van der Waals surface area contributed by atoms with E-state index in [9.17, 15) is 9.90 Å². The fraction of sp³-hybridized carbons (Fsp3) is 0.395. The first-order valence-electron chi connectivity index (χ1n) is 17.3. The summed E-state index contributed by atoms with van der Waals surface area (Å²) in [5.74, 6) is 0.286. The average molecular weight is 853 g/mol. The van der Waals surface area contributed by atoms with Crippen LogP contribution in [0.5, 0.6) is 0 Å². The Labute approximate surface area is 309 Å². The number of rotatable bonds is 8. The molecule has 0 fully saturated rings. The number of aliphatic hydroxyl groups is 1. The van der Waals surface area contributed by atoms with Gasteiger partial charge in [-0.3, -0.25) is 9.78 Å². The van der Waals surface area contributed by atoms with Gasteiger partial charge in [0.15, 0.2) is 5.78 Å². The van der Waals surface area contributed by atoms with E-state index in [4.69, 9.17) is 9.40 Å². The third-order valence-electron chi connectivity index (χ3n) is 10.7. The average Bonchev–Trinajstić information content (AvgIpc) is 3.66. The van der Waals surface area contributed by atoms with Crippen molar-refractivity contribution in [1.29, 1.82) is 0 Å². The number of ketones is 1. The van der Waals surface area contributed by atoms with E-state index in [0.717, 1.165) is 47.9 Å². The van der Waals surface area contributed by atoms with Gasteiger partial charge < -0.3 is 9.52 Å². The molecule has 0 bridgehead atoms. The van der Waals surface area contributed by atoms with E-state index in [1.165, 1.54) is 48.1 Å². The predicted molar refractivity (Wildman–Crippen MR) is 205 cm³/mol. The zero-order valence-corrected chi connectivity index (χ0v) is 33.8. The second-order valence-electron chi connectivity index (χ2n) is 14.7. The SMILES string of the molecule is CCC(C)(CC)C(=O)/C=C(\O)C(C)(CC)CC.Cc1coc2c1ccc1sc3c(-c4[c-]c5ccccc5c(C(C)(C)C)c4)nccc3c12.[Ir]. The molecule has 0 aliphatic rings. The van der Waals surface area contributed by atoms with Gasteiger partial charge in [-0.05, 0) is 61.8 Å². The van der Waals surface area contributed by atoms with Gasteiger partial charge in [0.25, 0.3) is 0 Å². The number of nitrogens with zero attached hydrogens (tertiary/aromatic N) is 1. The minimum absolute atomic E-state index is 0. The molecule has 6 rings (SSSR count). The molecule has 0 saturated heterocycles. The number of fused-ring (bicyclic) bond motifs is 6. The molecule has 49 heavy (non-hydrogen) atoms. The van der Waals surface area contributed by atoms with Gasteiger partial charge in [-0.25, -0.2) is 0 Å². The van der Waals surface area contributed by atoms with E-state index in [0.29, 0.717) is 0 Å². The Morgan fingerprint density at radius 1 is 0.898 bits per heavy atom. The van der Waals surface area contributed by atoms with Crippen molar-refractivity contribution >= 4 is 59.0 Å². The first kappa shape index (κ1) is 38.5. The first-order valence-corrected chi connectivity index (χ1v) is 18.1. The summed E-state index contributed by atoms with van der Waals surface area (Å²) in [7, 11) is 0. The Hall–Kier alpha value is -3.31. The molecule has 6 heteroatoms. The van der Waals surface area contributed by atoms with Crippen LogP contribution in [0.15, 0.2) is 77.2 Å². The van der Waals surface area contributed by atoms with Gasteiger partial charge in [-0.1, -0.05) is 91.5 Å². The van der Waals surface area contributed by atoms with Gasteiger partial charge in [-0.2, -0.15) is 0 Å². The standard InChI is InChI=1S/C28H22NOS.C15H28O2.Ir/c1-16-15-30-26-19(16)9-10-23-24(26)21-11-12-29-25(27(21)31-23)18-13-17-7-5-6-8-20(17)22(14-18)28(2,3)4;1-7-14(5,8-2)12(16)11-13(17)15(6,9-3)10-4;/h5-12,14-15H,1-4H3;11,16H,7-10H2,1-6H3;/q-1;;/b;12-11-;. The smallest absolute Gasteiger partial charge is 0.164 e. The molecule has 3 heterocycles. The fourth-order valence-electron chi connectivity index (χ4n) is 6.26. The number of hydrogen-bond acceptors (Lipinski definition) is 5. The summed E-state index contributed by atoms with van der Waals surface area (Å²) in [5, 5.41) is 16.1. The predicted octanol–water partition coefficient (Wildman–Crippen LogP) is 13.1. The molecule has 0 aliphatic heterocycles. The molecule has 0 atom stereocenters. The zero-order chi connectivity index (χ0) is 35.0. The Kier molecular flexibility index (Phi) is 11.7. The van der Waals surface area contributed by atoms with Crippen molar-refractivity contribution in [3.8, 4) is 11.3 Å². The molecular formula is C43H50IrNO3S-. The third-order valence-corrected chi connectivity index (χ3v) is 11.9. The van der Waals surface area contributed by atoms with Crippen LogP contribution in [-0.4, -0.2) is 15.9 Å². The topological polar surface area (TPSA) is 63.3 Å². The maximum Gasteiger partial charge on any atom is 0.164 e. The summed E-state index contributed by atoms with van der Waals surface area (Å²) in [4.78, 5) is 17.0. The van der Waals surface area contributed by atoms with Crippen molar-refractivity contribution < 1.29 is 34.4 Å². The largest absolute Gasteiger partial charge is 0.512 e. The fourth-order valence-corrected chi connectivity index (χ4v) is 7.46. The van der Waals surface area contributed by atoms with Crippen LogP contribution < -0.4 is 0 Å². The van der Waals surface area contributed by atoms with Crippen molar-refractivity contribution in [3.05, 3.63) is 90.0 Å². The summed E-state index contributed by atoms with van der Waals surface area (Å²) < 4.78 is 8.38. The Balaban J connectivity index is 0.000000260. The first-order chi connectivity index (χ1) is 22.7. The summed E-state index contributed by atoms with van der Waals surface area (Å²) in [5.41, 5.74) is 4.92. The molecule has 0 saturated carbocycles. The summed E-state index contributed by atoms with van der Waals surface area (Å²) in [6.07, 6.45) is 8.52. The van der Waals surface area contributed by atoms with Crippen molar-refractivity contribution in [2.45, 2.75) is 100 Å². The Morgan fingerprint density at radius 3 is 2.18 bits per heavy atom. The van der Waals surface area contributed by atoms with Gasteiger partial charge in [-0.15, -0.1) is 40.5 Å². The molecule has 0 spiro atoms. The van der Waals surface area contributed by atoms with E-state index in [1.54, 1.807) is 11.3 Å². The Bertz CT molecular complexity index is 2140. The van der Waals surface area contributed by atoms with Crippen LogP contribution in [0.1, 0.15) is 99.1 Å². The number of thiophene rings is 1. The Morgan fingerprint density at radius 2 is 1.55 bits per heavy atom. The van der Waals surface area contributed by atoms with E-state index in [1.807, 2.05) is 54.0 Å². The molecule has 1 N–H and O–H groups in total. The number of furan rings is 1. The van der Waals surface area contributed by atoms with Gasteiger partial charge in [0, 0.05) is 74.5 Å². The van der Waals surface area contributed by atoms with E-state index < -0.39 is 0 Å². The molecule has 6 aromatic rings. The van der Waals surface area contributed by atoms with Crippen LogP contribution in [0.4, 0.5) is 0 Å². The maximum atomic E-state index is 12.2. The van der Waals surface area contributed by atoms with Gasteiger partial charge in [0.1, 0.15) is 11.3 Å². The monoisotopic (exact) mass is 853 g/mol. The number of aromatic nitrogens is 1. The molecular weight excluding hydrogens is 803 g/mol. The second kappa shape index (κ2) is 14.9. The van der Waals surface area contributed by atoms with Crippen LogP contribution in [0.3, 0.4) is 0 Å². The molecule has 4 nitrogen and oxygen atoms in total. The molecule has 1 radical (unpaired) electrons. The van der Waals surface area contributed by atoms with E-state index in [-0.39, 0.29) is 47.9 Å².